The van der Waals surface area contributed by atoms with E-state index in [1.165, 1.54) is 6.07 Å². The van der Waals surface area contributed by atoms with E-state index in [-0.39, 0.29) is 5.82 Å². The molecule has 1 aromatic heterocycles. The summed E-state index contributed by atoms with van der Waals surface area (Å²) in [6, 6.07) is 6.39. The maximum absolute atomic E-state index is 13.8. The lowest BCUT2D eigenvalue weighted by Gasteiger charge is -2.15. The van der Waals surface area contributed by atoms with Gasteiger partial charge in [-0.2, -0.15) is 0 Å². The van der Waals surface area contributed by atoms with Gasteiger partial charge in [-0.3, -0.25) is 4.21 Å². The standard InChI is InChI=1S/C16H21FN2O2S/c1-10(2)9-15-18-19-16(21-15)12(4)22(20)11(3)13-7-5-6-8-14(13)17/h5-8,10-12H,9H2,1-4H3. The van der Waals surface area contributed by atoms with Crippen molar-refractivity contribution in [2.45, 2.75) is 44.6 Å². The summed E-state index contributed by atoms with van der Waals surface area (Å²) in [4.78, 5) is 0. The average Bonchev–Trinajstić information content (AvgIpc) is 2.93. The fourth-order valence-corrected chi connectivity index (χ4v) is 3.55. The van der Waals surface area contributed by atoms with Crippen LogP contribution >= 0.6 is 0 Å². The smallest absolute Gasteiger partial charge is 0.231 e. The van der Waals surface area contributed by atoms with Crippen molar-refractivity contribution >= 4 is 10.8 Å². The number of nitrogens with zero attached hydrogens (tertiary/aromatic N) is 2. The summed E-state index contributed by atoms with van der Waals surface area (Å²) in [5, 5.41) is 7.08. The third-order valence-corrected chi connectivity index (χ3v) is 5.30. The van der Waals surface area contributed by atoms with Gasteiger partial charge in [0.15, 0.2) is 0 Å². The highest BCUT2D eigenvalue weighted by Crippen LogP contribution is 2.30. The van der Waals surface area contributed by atoms with E-state index in [1.807, 2.05) is 0 Å². The molecule has 0 radical (unpaired) electrons. The van der Waals surface area contributed by atoms with E-state index < -0.39 is 21.3 Å². The molecule has 1 heterocycles. The number of halogens is 1. The lowest BCUT2D eigenvalue weighted by molar-refractivity contribution is 0.424. The first-order chi connectivity index (χ1) is 10.4. The molecule has 0 aliphatic rings. The molecule has 2 rings (SSSR count). The van der Waals surface area contributed by atoms with Gasteiger partial charge in [0.2, 0.25) is 11.8 Å². The Morgan fingerprint density at radius 3 is 2.45 bits per heavy atom. The molecule has 0 saturated heterocycles. The van der Waals surface area contributed by atoms with Crippen LogP contribution < -0.4 is 0 Å². The SMILES string of the molecule is CC(C)Cc1nnc(C(C)S(=O)C(C)c2ccccc2F)o1. The normalized spacial score (nSPS) is 15.7. The maximum Gasteiger partial charge on any atom is 0.231 e. The van der Waals surface area contributed by atoms with Crippen molar-refractivity contribution in [2.24, 2.45) is 5.92 Å². The van der Waals surface area contributed by atoms with Gasteiger partial charge in [-0.05, 0) is 25.8 Å². The lowest BCUT2D eigenvalue weighted by atomic mass is 10.1. The Morgan fingerprint density at radius 2 is 1.82 bits per heavy atom. The number of aromatic nitrogens is 2. The summed E-state index contributed by atoms with van der Waals surface area (Å²) < 4.78 is 32.1. The van der Waals surface area contributed by atoms with Gasteiger partial charge in [0.25, 0.3) is 0 Å². The second kappa shape index (κ2) is 7.13. The van der Waals surface area contributed by atoms with Gasteiger partial charge in [-0.1, -0.05) is 32.0 Å². The minimum Gasteiger partial charge on any atom is -0.424 e. The van der Waals surface area contributed by atoms with Crippen molar-refractivity contribution in [3.8, 4) is 0 Å². The molecular weight excluding hydrogens is 303 g/mol. The van der Waals surface area contributed by atoms with Crippen LogP contribution in [0.5, 0.6) is 0 Å². The first kappa shape index (κ1) is 16.8. The van der Waals surface area contributed by atoms with E-state index in [0.29, 0.717) is 29.7 Å². The second-order valence-electron chi connectivity index (χ2n) is 5.77. The van der Waals surface area contributed by atoms with Gasteiger partial charge >= 0.3 is 0 Å². The van der Waals surface area contributed by atoms with Crippen LogP contribution in [0.2, 0.25) is 0 Å². The first-order valence-corrected chi connectivity index (χ1v) is 8.63. The summed E-state index contributed by atoms with van der Waals surface area (Å²) in [6.07, 6.45) is 0.690. The molecule has 4 nitrogen and oxygen atoms in total. The molecule has 0 aliphatic carbocycles. The van der Waals surface area contributed by atoms with Crippen molar-refractivity contribution in [3.05, 3.63) is 47.4 Å². The van der Waals surface area contributed by atoms with E-state index in [4.69, 9.17) is 4.42 Å². The Morgan fingerprint density at radius 1 is 1.14 bits per heavy atom. The molecule has 0 bridgehead atoms. The van der Waals surface area contributed by atoms with Gasteiger partial charge in [0.05, 0.1) is 5.25 Å². The highest BCUT2D eigenvalue weighted by Gasteiger charge is 2.27. The summed E-state index contributed by atoms with van der Waals surface area (Å²) in [7, 11) is -1.36. The zero-order valence-electron chi connectivity index (χ0n) is 13.2. The first-order valence-electron chi connectivity index (χ1n) is 7.36. The fraction of sp³-hybridized carbons (Fsp3) is 0.500. The zero-order chi connectivity index (χ0) is 16.3. The van der Waals surface area contributed by atoms with Gasteiger partial charge in [0.1, 0.15) is 11.1 Å². The minimum absolute atomic E-state index is 0.345. The Balaban J connectivity index is 2.15. The molecule has 0 spiro atoms. The molecule has 3 atom stereocenters. The van der Waals surface area contributed by atoms with Crippen molar-refractivity contribution in [1.82, 2.24) is 10.2 Å². The molecule has 0 amide bonds. The summed E-state index contributed by atoms with van der Waals surface area (Å²) in [6.45, 7) is 7.63. The summed E-state index contributed by atoms with van der Waals surface area (Å²) >= 11 is 0. The summed E-state index contributed by atoms with van der Waals surface area (Å²) in [5.74, 6) is 0.956. The van der Waals surface area contributed by atoms with Crippen LogP contribution in [-0.4, -0.2) is 14.4 Å². The van der Waals surface area contributed by atoms with Crippen LogP contribution in [0.25, 0.3) is 0 Å². The Hall–Kier alpha value is -1.56. The van der Waals surface area contributed by atoms with Crippen molar-refractivity contribution < 1.29 is 13.0 Å². The van der Waals surface area contributed by atoms with Crippen LogP contribution in [0, 0.1) is 11.7 Å². The van der Waals surface area contributed by atoms with Gasteiger partial charge in [-0.25, -0.2) is 4.39 Å². The van der Waals surface area contributed by atoms with Crippen LogP contribution in [0.15, 0.2) is 28.7 Å². The van der Waals surface area contributed by atoms with Crippen molar-refractivity contribution in [3.63, 3.8) is 0 Å². The third kappa shape index (κ3) is 3.80. The molecule has 0 aliphatic heterocycles. The van der Waals surface area contributed by atoms with Crippen LogP contribution in [0.1, 0.15) is 55.5 Å². The number of rotatable bonds is 6. The summed E-state index contributed by atoms with van der Waals surface area (Å²) in [5.41, 5.74) is 0.439. The maximum atomic E-state index is 13.8. The molecule has 0 saturated carbocycles. The van der Waals surface area contributed by atoms with E-state index in [1.54, 1.807) is 32.0 Å². The van der Waals surface area contributed by atoms with E-state index >= 15 is 0 Å². The Kier molecular flexibility index (Phi) is 5.45. The van der Waals surface area contributed by atoms with Gasteiger partial charge in [-0.15, -0.1) is 10.2 Å². The molecule has 2 aromatic rings. The van der Waals surface area contributed by atoms with E-state index in [0.717, 1.165) is 0 Å². The third-order valence-electron chi connectivity index (χ3n) is 3.45. The molecule has 6 heteroatoms. The highest BCUT2D eigenvalue weighted by molar-refractivity contribution is 7.85. The van der Waals surface area contributed by atoms with Crippen LogP contribution in [-0.2, 0) is 17.2 Å². The van der Waals surface area contributed by atoms with Crippen molar-refractivity contribution in [2.75, 3.05) is 0 Å². The monoisotopic (exact) mass is 324 g/mol. The Bertz CT molecular complexity index is 657. The van der Waals surface area contributed by atoms with Crippen LogP contribution in [0.4, 0.5) is 4.39 Å². The van der Waals surface area contributed by atoms with E-state index in [2.05, 4.69) is 24.0 Å². The predicted octanol–water partition coefficient (Wildman–Crippen LogP) is 3.98. The predicted molar refractivity (Wildman–Crippen MR) is 84.2 cm³/mol. The second-order valence-corrected chi connectivity index (χ2v) is 7.84. The largest absolute Gasteiger partial charge is 0.424 e. The zero-order valence-corrected chi connectivity index (χ0v) is 14.1. The molecule has 0 fully saturated rings. The molecule has 0 N–H and O–H groups in total. The van der Waals surface area contributed by atoms with Crippen LogP contribution in [0.3, 0.4) is 0 Å². The quantitative estimate of drug-likeness (QED) is 0.806. The van der Waals surface area contributed by atoms with E-state index in [9.17, 15) is 8.60 Å². The highest BCUT2D eigenvalue weighted by atomic mass is 32.2. The lowest BCUT2D eigenvalue weighted by Crippen LogP contribution is -2.11. The molecular formula is C16H21FN2O2S. The molecule has 3 unspecified atom stereocenters. The number of hydrogen-bond acceptors (Lipinski definition) is 4. The average molecular weight is 324 g/mol. The van der Waals surface area contributed by atoms with Gasteiger partial charge in [0, 0.05) is 22.8 Å². The number of benzene rings is 1. The minimum atomic E-state index is -1.36. The fourth-order valence-electron chi connectivity index (χ4n) is 2.20. The van der Waals surface area contributed by atoms with Crippen molar-refractivity contribution in [1.29, 1.82) is 0 Å². The molecule has 22 heavy (non-hydrogen) atoms. The topological polar surface area (TPSA) is 56.0 Å². The molecule has 120 valence electrons. The van der Waals surface area contributed by atoms with Gasteiger partial charge < -0.3 is 4.42 Å². The number of hydrogen-bond donors (Lipinski definition) is 0. The Labute approximate surface area is 132 Å². The molecule has 1 aromatic carbocycles.